The van der Waals surface area contributed by atoms with E-state index in [2.05, 4.69) is 21.2 Å². The number of amides is 2. The normalized spacial score (nSPS) is 14.0. The van der Waals surface area contributed by atoms with Gasteiger partial charge in [0.15, 0.2) is 0 Å². The first-order chi connectivity index (χ1) is 11.4. The van der Waals surface area contributed by atoms with Crippen molar-refractivity contribution in [2.24, 2.45) is 0 Å². The number of carbonyl (C=O) groups excluding carboxylic acids is 3. The quantitative estimate of drug-likeness (QED) is 0.559. The van der Waals surface area contributed by atoms with E-state index in [0.717, 1.165) is 4.90 Å². The number of ether oxygens (including phenoxy) is 1. The molecule has 0 atom stereocenters. The Bertz CT molecular complexity index is 706. The van der Waals surface area contributed by atoms with Crippen molar-refractivity contribution in [3.63, 3.8) is 0 Å². The lowest BCUT2D eigenvalue weighted by Crippen LogP contribution is -2.34. The molecular weight excluding hydrogens is 380 g/mol. The first kappa shape index (κ1) is 18.2. The molecule has 2 amide bonds. The van der Waals surface area contributed by atoms with Crippen molar-refractivity contribution in [2.45, 2.75) is 13.8 Å². The van der Waals surface area contributed by atoms with Crippen LogP contribution in [0.3, 0.4) is 0 Å². The minimum atomic E-state index is -0.505. The minimum absolute atomic E-state index is 0.0543. The van der Waals surface area contributed by atoms with Gasteiger partial charge in [0.25, 0.3) is 11.8 Å². The Kier molecular flexibility index (Phi) is 5.74. The molecule has 1 heterocycles. The van der Waals surface area contributed by atoms with E-state index < -0.39 is 17.8 Å². The van der Waals surface area contributed by atoms with Crippen molar-refractivity contribution in [3.05, 3.63) is 39.5 Å². The number of hydrogen-bond donors (Lipinski definition) is 2. The summed E-state index contributed by atoms with van der Waals surface area (Å²) in [6, 6.07) is 3.22. The van der Waals surface area contributed by atoms with Crippen molar-refractivity contribution in [3.8, 4) is 0 Å². The first-order valence-electron chi connectivity index (χ1n) is 7.31. The molecule has 2 N–H and O–H groups in total. The van der Waals surface area contributed by atoms with Crippen LogP contribution in [0.1, 0.15) is 22.8 Å². The molecule has 1 aliphatic heterocycles. The number of imide groups is 1. The van der Waals surface area contributed by atoms with Gasteiger partial charge in [-0.25, -0.2) is 4.79 Å². The standard InChI is InChI=1S/C16H17BrN2O5/c1-3-24-16(23)10-6-9(2)14(11(17)7-10)18-12-8-13(21)19(4-5-20)15(12)22/h6-8,18,20H,3-5H2,1-2H3. The van der Waals surface area contributed by atoms with Crippen LogP contribution >= 0.6 is 15.9 Å². The number of esters is 1. The SMILES string of the molecule is CCOC(=O)c1cc(C)c(NC2=CC(=O)N(CCO)C2=O)c(Br)c1. The van der Waals surface area contributed by atoms with Gasteiger partial charge in [-0.05, 0) is 47.5 Å². The fourth-order valence-electron chi connectivity index (χ4n) is 2.28. The zero-order valence-electron chi connectivity index (χ0n) is 13.3. The molecule has 1 aromatic rings. The molecule has 0 saturated carbocycles. The van der Waals surface area contributed by atoms with Crippen LogP contribution in [-0.2, 0) is 14.3 Å². The zero-order chi connectivity index (χ0) is 17.9. The smallest absolute Gasteiger partial charge is 0.338 e. The van der Waals surface area contributed by atoms with Gasteiger partial charge in [-0.15, -0.1) is 0 Å². The number of aliphatic hydroxyl groups excluding tert-OH is 1. The summed E-state index contributed by atoms with van der Waals surface area (Å²) in [5.74, 6) is -1.42. The second kappa shape index (κ2) is 7.59. The first-order valence-corrected chi connectivity index (χ1v) is 8.11. The highest BCUT2D eigenvalue weighted by Crippen LogP contribution is 2.30. The fourth-order valence-corrected chi connectivity index (χ4v) is 2.94. The summed E-state index contributed by atoms with van der Waals surface area (Å²) < 4.78 is 5.52. The highest BCUT2D eigenvalue weighted by atomic mass is 79.9. The molecule has 0 saturated heterocycles. The Balaban J connectivity index is 2.25. The second-order valence-corrected chi connectivity index (χ2v) is 5.93. The summed E-state index contributed by atoms with van der Waals surface area (Å²) in [5, 5.41) is 11.8. The van der Waals surface area contributed by atoms with E-state index in [1.54, 1.807) is 26.0 Å². The summed E-state index contributed by atoms with van der Waals surface area (Å²) in [6.45, 7) is 3.42. The molecular formula is C16H17BrN2O5. The number of aliphatic hydroxyl groups is 1. The topological polar surface area (TPSA) is 95.9 Å². The summed E-state index contributed by atoms with van der Waals surface area (Å²) >= 11 is 3.36. The van der Waals surface area contributed by atoms with Gasteiger partial charge in [0.1, 0.15) is 5.70 Å². The highest BCUT2D eigenvalue weighted by Gasteiger charge is 2.31. The lowest BCUT2D eigenvalue weighted by Gasteiger charge is -2.16. The number of benzene rings is 1. The highest BCUT2D eigenvalue weighted by molar-refractivity contribution is 9.10. The number of rotatable bonds is 6. The van der Waals surface area contributed by atoms with Crippen molar-refractivity contribution in [1.29, 1.82) is 0 Å². The van der Waals surface area contributed by atoms with Crippen LogP contribution in [0.25, 0.3) is 0 Å². The van der Waals surface area contributed by atoms with E-state index in [9.17, 15) is 14.4 Å². The molecule has 0 unspecified atom stereocenters. The molecule has 7 nitrogen and oxygen atoms in total. The zero-order valence-corrected chi connectivity index (χ0v) is 14.8. The van der Waals surface area contributed by atoms with E-state index in [4.69, 9.17) is 9.84 Å². The number of β-amino-alcohol motifs (C(OH)–C–C–N with tert-alkyl or cyclic N) is 1. The van der Waals surface area contributed by atoms with Gasteiger partial charge in [0, 0.05) is 10.5 Å². The van der Waals surface area contributed by atoms with Crippen molar-refractivity contribution in [2.75, 3.05) is 25.1 Å². The summed E-state index contributed by atoms with van der Waals surface area (Å²) in [4.78, 5) is 36.7. The van der Waals surface area contributed by atoms with Crippen LogP contribution in [0.15, 0.2) is 28.4 Å². The molecule has 1 aromatic carbocycles. The Labute approximate surface area is 147 Å². The van der Waals surface area contributed by atoms with E-state index in [1.807, 2.05) is 0 Å². The number of nitrogens with zero attached hydrogens (tertiary/aromatic N) is 1. The van der Waals surface area contributed by atoms with Crippen LogP contribution < -0.4 is 5.32 Å². The Morgan fingerprint density at radius 1 is 1.38 bits per heavy atom. The molecule has 128 valence electrons. The molecule has 0 radical (unpaired) electrons. The minimum Gasteiger partial charge on any atom is -0.462 e. The summed E-state index contributed by atoms with van der Waals surface area (Å²) in [6.07, 6.45) is 1.18. The van der Waals surface area contributed by atoms with E-state index >= 15 is 0 Å². The monoisotopic (exact) mass is 396 g/mol. The lowest BCUT2D eigenvalue weighted by molar-refractivity contribution is -0.137. The van der Waals surface area contributed by atoms with Crippen molar-refractivity contribution in [1.82, 2.24) is 4.90 Å². The van der Waals surface area contributed by atoms with Crippen LogP contribution in [0.4, 0.5) is 5.69 Å². The van der Waals surface area contributed by atoms with Gasteiger partial charge in [-0.1, -0.05) is 0 Å². The fraction of sp³-hybridized carbons (Fsp3) is 0.312. The lowest BCUT2D eigenvalue weighted by atomic mass is 10.1. The van der Waals surface area contributed by atoms with Gasteiger partial charge in [-0.3, -0.25) is 14.5 Å². The predicted molar refractivity (Wildman–Crippen MR) is 90.3 cm³/mol. The van der Waals surface area contributed by atoms with Gasteiger partial charge in [-0.2, -0.15) is 0 Å². The van der Waals surface area contributed by atoms with Crippen molar-refractivity contribution < 1.29 is 24.2 Å². The number of anilines is 1. The largest absolute Gasteiger partial charge is 0.462 e. The average molecular weight is 397 g/mol. The Hall–Kier alpha value is -2.19. The van der Waals surface area contributed by atoms with Crippen LogP contribution in [0.5, 0.6) is 0 Å². The van der Waals surface area contributed by atoms with Gasteiger partial charge in [0.2, 0.25) is 0 Å². The second-order valence-electron chi connectivity index (χ2n) is 5.07. The van der Waals surface area contributed by atoms with Crippen LogP contribution in [-0.4, -0.2) is 47.5 Å². The van der Waals surface area contributed by atoms with Gasteiger partial charge >= 0.3 is 5.97 Å². The van der Waals surface area contributed by atoms with Crippen LogP contribution in [0, 0.1) is 6.92 Å². The third-order valence-corrected chi connectivity index (χ3v) is 4.02. The Morgan fingerprint density at radius 2 is 2.08 bits per heavy atom. The van der Waals surface area contributed by atoms with Crippen molar-refractivity contribution >= 4 is 39.4 Å². The molecule has 1 aliphatic rings. The molecule has 2 rings (SSSR count). The van der Waals surface area contributed by atoms with Gasteiger partial charge < -0.3 is 15.2 Å². The average Bonchev–Trinajstić information content (AvgIpc) is 2.79. The summed E-state index contributed by atoms with van der Waals surface area (Å²) in [7, 11) is 0. The van der Waals surface area contributed by atoms with Gasteiger partial charge in [0.05, 0.1) is 31.0 Å². The number of halogens is 1. The van der Waals surface area contributed by atoms with Crippen LogP contribution in [0.2, 0.25) is 0 Å². The molecule has 0 fully saturated rings. The van der Waals surface area contributed by atoms with E-state index in [0.29, 0.717) is 21.3 Å². The number of hydrogen-bond acceptors (Lipinski definition) is 6. The number of carbonyl (C=O) groups is 3. The van der Waals surface area contributed by atoms with E-state index in [-0.39, 0.29) is 25.5 Å². The molecule has 8 heteroatoms. The number of nitrogens with one attached hydrogen (secondary N) is 1. The maximum Gasteiger partial charge on any atom is 0.338 e. The predicted octanol–water partition coefficient (Wildman–Crippen LogP) is 1.59. The molecule has 0 bridgehead atoms. The summed E-state index contributed by atoms with van der Waals surface area (Å²) in [5.41, 5.74) is 1.77. The molecule has 0 aromatic heterocycles. The third kappa shape index (κ3) is 3.65. The van der Waals surface area contributed by atoms with E-state index in [1.165, 1.54) is 6.08 Å². The Morgan fingerprint density at radius 3 is 2.67 bits per heavy atom. The maximum absolute atomic E-state index is 12.2. The maximum atomic E-state index is 12.2. The molecule has 0 spiro atoms. The molecule has 24 heavy (non-hydrogen) atoms. The number of aryl methyl sites for hydroxylation is 1. The third-order valence-electron chi connectivity index (χ3n) is 3.39. The molecule has 0 aliphatic carbocycles.